The number of hydrogen-bond acceptors (Lipinski definition) is 6. The van der Waals surface area contributed by atoms with Gasteiger partial charge in [-0.3, -0.25) is 29.4 Å². The Morgan fingerprint density at radius 1 is 0.472 bits per heavy atom. The number of anilines is 2. The van der Waals surface area contributed by atoms with Crippen LogP contribution in [0.5, 0.6) is 0 Å². The van der Waals surface area contributed by atoms with E-state index >= 15 is 0 Å². The predicted molar refractivity (Wildman–Crippen MR) is 296 cm³/mol. The quantitative estimate of drug-likeness (QED) is 0.127. The third-order valence-electron chi connectivity index (χ3n) is 12.3. The van der Waals surface area contributed by atoms with E-state index in [0.29, 0.717) is 42.6 Å². The van der Waals surface area contributed by atoms with Crippen LogP contribution < -0.4 is 9.80 Å². The number of carbonyl (C=O) groups is 2. The summed E-state index contributed by atoms with van der Waals surface area (Å²) in [5.41, 5.74) is 5.45. The van der Waals surface area contributed by atoms with E-state index in [4.69, 9.17) is 55.9 Å². The maximum Gasteiger partial charge on any atom is 0.257 e. The largest absolute Gasteiger partial charge is 0.358 e. The van der Waals surface area contributed by atoms with Gasteiger partial charge in [0.15, 0.2) is 0 Å². The third kappa shape index (κ3) is 12.0. The molecule has 2 amide bonds. The van der Waals surface area contributed by atoms with Gasteiger partial charge in [0.2, 0.25) is 0 Å². The molecule has 2 saturated heterocycles. The molecule has 10 rings (SSSR count). The normalized spacial score (nSPS) is 19.9. The Bertz CT molecular complexity index is 2960. The van der Waals surface area contributed by atoms with E-state index in [1.807, 2.05) is 72.8 Å². The van der Waals surface area contributed by atoms with Crippen molar-refractivity contribution in [3.05, 3.63) is 255 Å². The summed E-state index contributed by atoms with van der Waals surface area (Å²) >= 11 is 28.8. The van der Waals surface area contributed by atoms with Crippen LogP contribution in [-0.2, 0) is 31.9 Å². The van der Waals surface area contributed by atoms with Crippen molar-refractivity contribution in [2.45, 2.75) is 49.3 Å². The van der Waals surface area contributed by atoms with Gasteiger partial charge in [-0.2, -0.15) is 0 Å². The minimum atomic E-state index is -0.913. The summed E-state index contributed by atoms with van der Waals surface area (Å²) < 4.78 is 44.1. The monoisotopic (exact) mass is 1260 g/mol. The summed E-state index contributed by atoms with van der Waals surface area (Å²) in [7, 11) is 0. The van der Waals surface area contributed by atoms with Crippen molar-refractivity contribution in [2.24, 2.45) is 0 Å². The Balaban J connectivity index is 0.000000178. The summed E-state index contributed by atoms with van der Waals surface area (Å²) in [4.78, 5) is 39.9. The first-order valence-corrected chi connectivity index (χ1v) is 26.1. The molecular weight excluding hydrogens is 1230 g/mol. The molecular formula is C56H40Cl4F2I2N4O4. The van der Waals surface area contributed by atoms with E-state index in [0.717, 1.165) is 29.4 Å². The summed E-state index contributed by atoms with van der Waals surface area (Å²) in [5.74, 6) is -1.28. The fourth-order valence-corrected chi connectivity index (χ4v) is 10.3. The highest BCUT2D eigenvalue weighted by Crippen LogP contribution is 2.47. The van der Waals surface area contributed by atoms with Gasteiger partial charge in [0.05, 0.1) is 35.9 Å². The number of hydrogen-bond donors (Lipinski definition) is 0. The molecule has 4 heterocycles. The van der Waals surface area contributed by atoms with Crippen molar-refractivity contribution < 1.29 is 27.8 Å². The van der Waals surface area contributed by atoms with Gasteiger partial charge in [-0.1, -0.05) is 107 Å². The summed E-state index contributed by atoms with van der Waals surface area (Å²) in [6, 6.07) is 45.5. The second-order valence-electron chi connectivity index (χ2n) is 16.9. The average Bonchev–Trinajstić information content (AvgIpc) is 3.38. The second-order valence-corrected chi connectivity index (χ2v) is 21.1. The first-order chi connectivity index (χ1) is 34.8. The van der Waals surface area contributed by atoms with Crippen LogP contribution in [0, 0.1) is 18.8 Å². The van der Waals surface area contributed by atoms with Gasteiger partial charge < -0.3 is 9.47 Å². The topological polar surface area (TPSA) is 84.9 Å². The molecule has 6 atom stereocenters. The summed E-state index contributed by atoms with van der Waals surface area (Å²) in [6.45, 7) is 0. The fourth-order valence-electron chi connectivity index (χ4n) is 8.88. The maximum absolute atomic E-state index is 14.8. The molecule has 0 radical (unpaired) electrons. The molecule has 8 aromatic rings. The van der Waals surface area contributed by atoms with Gasteiger partial charge in [-0.05, 0) is 176 Å². The Labute approximate surface area is 462 Å². The van der Waals surface area contributed by atoms with Crippen LogP contribution in [0.15, 0.2) is 183 Å². The molecule has 0 aliphatic carbocycles. The smallest absolute Gasteiger partial charge is 0.257 e. The van der Waals surface area contributed by atoms with Crippen LogP contribution in [0.25, 0.3) is 0 Å². The number of morpholine rings is 2. The SMILES string of the molecule is O=C1[C@@H](Cc2ccc(I)cc2F)O[C@H](c2ccc(Cl)cc2)[C@H](c2ccc(Cl)cc2)N1c1cccnc1.O=C1[C@H](Cc2ccc(I)cc2F)O[C@@H](c2ccc(Cl)cc2)[C@@H](c2ccc(Cl)cc2)N1c1cccnc1. The molecule has 2 fully saturated rings. The highest BCUT2D eigenvalue weighted by atomic mass is 127. The molecule has 0 saturated carbocycles. The lowest BCUT2D eigenvalue weighted by molar-refractivity contribution is -0.145. The second kappa shape index (κ2) is 23.4. The lowest BCUT2D eigenvalue weighted by Gasteiger charge is -2.44. The fraction of sp³-hybridized carbons (Fsp3) is 0.143. The molecule has 0 unspecified atom stereocenters. The lowest BCUT2D eigenvalue weighted by Crippen LogP contribution is -2.52. The molecule has 8 nitrogen and oxygen atoms in total. The molecule has 72 heavy (non-hydrogen) atoms. The van der Waals surface area contributed by atoms with Crippen molar-refractivity contribution in [2.75, 3.05) is 9.80 Å². The molecule has 2 aromatic heterocycles. The van der Waals surface area contributed by atoms with E-state index < -0.39 is 36.5 Å². The number of halogens is 8. The van der Waals surface area contributed by atoms with Crippen molar-refractivity contribution >= 4 is 115 Å². The van der Waals surface area contributed by atoms with Crippen molar-refractivity contribution in [1.29, 1.82) is 0 Å². The van der Waals surface area contributed by atoms with Crippen LogP contribution in [-0.4, -0.2) is 34.0 Å². The lowest BCUT2D eigenvalue weighted by atomic mass is 9.90. The summed E-state index contributed by atoms with van der Waals surface area (Å²) in [5, 5.41) is 2.36. The van der Waals surface area contributed by atoms with Crippen LogP contribution in [0.4, 0.5) is 20.2 Å². The highest BCUT2D eigenvalue weighted by molar-refractivity contribution is 14.1. The number of pyridine rings is 2. The van der Waals surface area contributed by atoms with Gasteiger partial charge in [0.25, 0.3) is 11.8 Å². The number of nitrogens with zero attached hydrogens (tertiary/aromatic N) is 4. The van der Waals surface area contributed by atoms with Gasteiger partial charge in [0, 0.05) is 52.5 Å². The first-order valence-electron chi connectivity index (χ1n) is 22.5. The number of benzene rings is 6. The molecule has 0 N–H and O–H groups in total. The van der Waals surface area contributed by atoms with Gasteiger partial charge in [0.1, 0.15) is 36.1 Å². The van der Waals surface area contributed by atoms with Crippen LogP contribution in [0.2, 0.25) is 20.1 Å². The van der Waals surface area contributed by atoms with Crippen molar-refractivity contribution in [3.63, 3.8) is 0 Å². The van der Waals surface area contributed by atoms with E-state index in [1.54, 1.807) is 107 Å². The van der Waals surface area contributed by atoms with E-state index in [-0.39, 0.29) is 36.3 Å². The van der Waals surface area contributed by atoms with Gasteiger partial charge in [-0.15, -0.1) is 0 Å². The standard InChI is InChI=1S/2C28H20Cl2FIN2O2/c2*29-20-8-3-17(4-9-20)26-27(18-5-10-21(30)11-6-18)36-25(14-19-7-12-22(32)15-24(19)31)28(35)34(26)23-2-1-13-33-16-23/h2*1-13,15-16,25-27H,14H2/t2*25-,26+,27-/m10/s1. The highest BCUT2D eigenvalue weighted by Gasteiger charge is 2.47. The zero-order chi connectivity index (χ0) is 50.5. The Kier molecular flexibility index (Phi) is 16.9. The van der Waals surface area contributed by atoms with Crippen molar-refractivity contribution in [1.82, 2.24) is 9.97 Å². The molecule has 2 aliphatic rings. The Morgan fingerprint density at radius 3 is 1.11 bits per heavy atom. The molecule has 364 valence electrons. The van der Waals surface area contributed by atoms with Crippen molar-refractivity contribution in [3.8, 4) is 0 Å². The first kappa shape index (κ1) is 51.8. The number of amides is 2. The molecule has 0 spiro atoms. The zero-order valence-corrected chi connectivity index (χ0v) is 45.0. The van der Waals surface area contributed by atoms with Gasteiger partial charge >= 0.3 is 0 Å². The summed E-state index contributed by atoms with van der Waals surface area (Å²) in [6.07, 6.45) is 3.85. The van der Waals surface area contributed by atoms with Crippen LogP contribution in [0.1, 0.15) is 57.7 Å². The molecule has 2 aliphatic heterocycles. The van der Waals surface area contributed by atoms with Crippen LogP contribution in [0.3, 0.4) is 0 Å². The maximum atomic E-state index is 14.8. The van der Waals surface area contributed by atoms with Crippen LogP contribution >= 0.6 is 91.6 Å². The Morgan fingerprint density at radius 2 is 0.806 bits per heavy atom. The minimum absolute atomic E-state index is 0.0930. The Hall–Kier alpha value is -5.04. The number of ether oxygens (including phenoxy) is 2. The molecule has 0 bridgehead atoms. The van der Waals surface area contributed by atoms with E-state index in [9.17, 15) is 18.4 Å². The van der Waals surface area contributed by atoms with Gasteiger partial charge in [-0.25, -0.2) is 8.78 Å². The number of rotatable bonds is 10. The third-order valence-corrected chi connectivity index (χ3v) is 14.6. The average molecular weight is 1270 g/mol. The number of aromatic nitrogens is 2. The zero-order valence-electron chi connectivity index (χ0n) is 37.6. The van der Waals surface area contributed by atoms with E-state index in [1.165, 1.54) is 12.1 Å². The number of carbonyl (C=O) groups excluding carboxylic acids is 2. The van der Waals surface area contributed by atoms with E-state index in [2.05, 4.69) is 55.1 Å². The minimum Gasteiger partial charge on any atom is -0.358 e. The predicted octanol–water partition coefficient (Wildman–Crippen LogP) is 15.2. The molecule has 6 aromatic carbocycles. The molecule has 16 heteroatoms.